The molecule has 3 heterocycles. The summed E-state index contributed by atoms with van der Waals surface area (Å²) in [5, 5.41) is 4.28. The Morgan fingerprint density at radius 1 is 1.52 bits per heavy atom. The van der Waals surface area contributed by atoms with Crippen molar-refractivity contribution in [2.75, 3.05) is 13.2 Å². The molecule has 1 aliphatic heterocycles. The lowest BCUT2D eigenvalue weighted by Gasteiger charge is -2.22. The average Bonchev–Trinajstić information content (AvgIpc) is 3.17. The molecule has 1 aliphatic rings. The molecule has 2 aromatic heterocycles. The number of oxazole rings is 1. The van der Waals surface area contributed by atoms with Gasteiger partial charge in [0.25, 0.3) is 0 Å². The lowest BCUT2D eigenvalue weighted by Crippen LogP contribution is -2.18. The van der Waals surface area contributed by atoms with Crippen LogP contribution in [0.5, 0.6) is 0 Å². The second-order valence-electron chi connectivity index (χ2n) is 4.79. The number of nitrogens with zero attached hydrogens (tertiary/aromatic N) is 3. The lowest BCUT2D eigenvalue weighted by molar-refractivity contribution is -0.0394. The normalized spacial score (nSPS) is 18.6. The average molecular weight is 291 g/mol. The number of ether oxygens (including phenoxy) is 2. The molecular formula is C14H17N3O4. The fourth-order valence-corrected chi connectivity index (χ4v) is 2.24. The molecule has 112 valence electrons. The summed E-state index contributed by atoms with van der Waals surface area (Å²) < 4.78 is 17.6. The zero-order chi connectivity index (χ0) is 14.7. The maximum Gasteiger partial charge on any atom is 0.360 e. The Kier molecular flexibility index (Phi) is 4.01. The van der Waals surface area contributed by atoms with Crippen LogP contribution in [0.25, 0.3) is 11.5 Å². The van der Waals surface area contributed by atoms with Crippen LogP contribution >= 0.6 is 0 Å². The van der Waals surface area contributed by atoms with Gasteiger partial charge in [0.05, 0.1) is 18.4 Å². The third-order valence-electron chi connectivity index (χ3n) is 3.29. The third-order valence-corrected chi connectivity index (χ3v) is 3.29. The fourth-order valence-electron chi connectivity index (χ4n) is 2.24. The molecule has 0 aromatic carbocycles. The Bertz CT molecular complexity index is 613. The number of hydrogen-bond acceptors (Lipinski definition) is 6. The quantitative estimate of drug-likeness (QED) is 0.805. The molecule has 1 atom stereocenters. The molecule has 0 aliphatic carbocycles. The van der Waals surface area contributed by atoms with E-state index in [0.29, 0.717) is 18.1 Å². The molecule has 1 unspecified atom stereocenters. The Balaban J connectivity index is 1.75. The van der Waals surface area contributed by atoms with Crippen LogP contribution in [0.1, 0.15) is 42.9 Å². The smallest absolute Gasteiger partial charge is 0.360 e. The van der Waals surface area contributed by atoms with E-state index in [2.05, 4.69) is 10.1 Å². The van der Waals surface area contributed by atoms with Crippen LogP contribution in [0.4, 0.5) is 0 Å². The standard InChI is InChI=1S/C14H17N3O4/c1-2-19-14(18)11-9-21-13(16-11)10-7-15-17(8-10)12-5-3-4-6-20-12/h7-9,12H,2-6H2,1H3. The molecule has 0 bridgehead atoms. The van der Waals surface area contributed by atoms with Crippen molar-refractivity contribution in [2.24, 2.45) is 0 Å². The summed E-state index contributed by atoms with van der Waals surface area (Å²) in [6.45, 7) is 2.80. The van der Waals surface area contributed by atoms with Gasteiger partial charge in [-0.05, 0) is 26.2 Å². The first kappa shape index (κ1) is 13.8. The van der Waals surface area contributed by atoms with Gasteiger partial charge in [0.15, 0.2) is 5.69 Å². The molecular weight excluding hydrogens is 274 g/mol. The maximum atomic E-state index is 11.6. The molecule has 2 aromatic rings. The number of carbonyl (C=O) groups excluding carboxylic acids is 1. The third kappa shape index (κ3) is 2.97. The SMILES string of the molecule is CCOC(=O)c1coc(-c2cnn(C3CCCCO3)c2)n1. The van der Waals surface area contributed by atoms with Gasteiger partial charge in [-0.1, -0.05) is 0 Å². The molecule has 3 rings (SSSR count). The Hall–Kier alpha value is -2.15. The highest BCUT2D eigenvalue weighted by Gasteiger charge is 2.19. The predicted octanol–water partition coefficient (Wildman–Crippen LogP) is 2.41. The van der Waals surface area contributed by atoms with Crippen LogP contribution in [-0.4, -0.2) is 33.9 Å². The Morgan fingerprint density at radius 3 is 3.19 bits per heavy atom. The van der Waals surface area contributed by atoms with E-state index in [-0.39, 0.29) is 11.9 Å². The number of aromatic nitrogens is 3. The highest BCUT2D eigenvalue weighted by molar-refractivity contribution is 5.87. The second-order valence-corrected chi connectivity index (χ2v) is 4.79. The lowest BCUT2D eigenvalue weighted by atomic mass is 10.2. The molecule has 0 N–H and O–H groups in total. The van der Waals surface area contributed by atoms with Gasteiger partial charge >= 0.3 is 5.97 Å². The van der Waals surface area contributed by atoms with Crippen molar-refractivity contribution in [3.63, 3.8) is 0 Å². The van der Waals surface area contributed by atoms with Gasteiger partial charge in [-0.25, -0.2) is 14.5 Å². The van der Waals surface area contributed by atoms with E-state index < -0.39 is 5.97 Å². The topological polar surface area (TPSA) is 79.4 Å². The van der Waals surface area contributed by atoms with E-state index in [1.807, 2.05) is 6.20 Å². The van der Waals surface area contributed by atoms with Gasteiger partial charge < -0.3 is 13.9 Å². The molecule has 7 heteroatoms. The monoisotopic (exact) mass is 291 g/mol. The van der Waals surface area contributed by atoms with E-state index in [1.165, 1.54) is 6.26 Å². The van der Waals surface area contributed by atoms with Crippen molar-refractivity contribution in [2.45, 2.75) is 32.4 Å². The van der Waals surface area contributed by atoms with E-state index in [4.69, 9.17) is 13.9 Å². The zero-order valence-electron chi connectivity index (χ0n) is 11.8. The molecule has 0 amide bonds. The van der Waals surface area contributed by atoms with Gasteiger partial charge in [0, 0.05) is 12.8 Å². The fraction of sp³-hybridized carbons (Fsp3) is 0.500. The minimum absolute atomic E-state index is 0.0352. The van der Waals surface area contributed by atoms with Crippen LogP contribution in [0.3, 0.4) is 0 Å². The van der Waals surface area contributed by atoms with Crippen molar-refractivity contribution in [3.8, 4) is 11.5 Å². The minimum atomic E-state index is -0.490. The molecule has 0 spiro atoms. The van der Waals surface area contributed by atoms with Crippen LogP contribution in [-0.2, 0) is 9.47 Å². The Labute approximate surface area is 121 Å². The summed E-state index contributed by atoms with van der Waals surface area (Å²) in [6, 6.07) is 0. The van der Waals surface area contributed by atoms with Crippen LogP contribution in [0.15, 0.2) is 23.1 Å². The summed E-state index contributed by atoms with van der Waals surface area (Å²) >= 11 is 0. The van der Waals surface area contributed by atoms with Gasteiger partial charge in [-0.15, -0.1) is 0 Å². The van der Waals surface area contributed by atoms with Crippen LogP contribution < -0.4 is 0 Å². The molecule has 0 radical (unpaired) electrons. The van der Waals surface area contributed by atoms with E-state index in [0.717, 1.165) is 25.9 Å². The van der Waals surface area contributed by atoms with Gasteiger partial charge in [-0.3, -0.25) is 0 Å². The summed E-state index contributed by atoms with van der Waals surface area (Å²) in [5.74, 6) is -0.143. The molecule has 21 heavy (non-hydrogen) atoms. The van der Waals surface area contributed by atoms with Crippen LogP contribution in [0, 0.1) is 0 Å². The first-order chi connectivity index (χ1) is 10.3. The van der Waals surface area contributed by atoms with Gasteiger partial charge in [-0.2, -0.15) is 5.10 Å². The number of rotatable bonds is 4. The maximum absolute atomic E-state index is 11.6. The van der Waals surface area contributed by atoms with Crippen LogP contribution in [0.2, 0.25) is 0 Å². The number of hydrogen-bond donors (Lipinski definition) is 0. The molecule has 0 saturated carbocycles. The largest absolute Gasteiger partial charge is 0.461 e. The van der Waals surface area contributed by atoms with Crippen molar-refractivity contribution < 1.29 is 18.7 Å². The van der Waals surface area contributed by atoms with Gasteiger partial charge in [0.1, 0.15) is 12.5 Å². The van der Waals surface area contributed by atoms with E-state index >= 15 is 0 Å². The highest BCUT2D eigenvalue weighted by atomic mass is 16.5. The van der Waals surface area contributed by atoms with Crippen molar-refractivity contribution >= 4 is 5.97 Å². The summed E-state index contributed by atoms with van der Waals surface area (Å²) in [6.07, 6.45) is 7.89. The van der Waals surface area contributed by atoms with Crippen molar-refractivity contribution in [1.82, 2.24) is 14.8 Å². The summed E-state index contributed by atoms with van der Waals surface area (Å²) in [7, 11) is 0. The molecule has 1 fully saturated rings. The number of esters is 1. The van der Waals surface area contributed by atoms with Gasteiger partial charge in [0.2, 0.25) is 5.89 Å². The summed E-state index contributed by atoms with van der Waals surface area (Å²) in [5.41, 5.74) is 0.869. The van der Waals surface area contributed by atoms with Crippen molar-refractivity contribution in [3.05, 3.63) is 24.4 Å². The zero-order valence-corrected chi connectivity index (χ0v) is 11.8. The number of carbonyl (C=O) groups is 1. The summed E-state index contributed by atoms with van der Waals surface area (Å²) in [4.78, 5) is 15.7. The Morgan fingerprint density at radius 2 is 2.43 bits per heavy atom. The predicted molar refractivity (Wildman–Crippen MR) is 72.5 cm³/mol. The highest BCUT2D eigenvalue weighted by Crippen LogP contribution is 2.25. The molecule has 7 nitrogen and oxygen atoms in total. The second kappa shape index (κ2) is 6.09. The first-order valence-electron chi connectivity index (χ1n) is 7.06. The first-order valence-corrected chi connectivity index (χ1v) is 7.06. The van der Waals surface area contributed by atoms with E-state index in [9.17, 15) is 4.79 Å². The minimum Gasteiger partial charge on any atom is -0.461 e. The van der Waals surface area contributed by atoms with Crippen molar-refractivity contribution in [1.29, 1.82) is 0 Å². The van der Waals surface area contributed by atoms with E-state index in [1.54, 1.807) is 17.8 Å². The molecule has 1 saturated heterocycles.